The van der Waals surface area contributed by atoms with Crippen LogP contribution in [0.4, 0.5) is 0 Å². The van der Waals surface area contributed by atoms with Crippen LogP contribution in [0.1, 0.15) is 27.7 Å². The predicted molar refractivity (Wildman–Crippen MR) is 124 cm³/mol. The Hall–Kier alpha value is 0.585. The molecule has 0 aromatic heterocycles. The molecule has 0 amide bonds. The molecule has 4 unspecified atom stereocenters. The molecule has 14 heteroatoms. The van der Waals surface area contributed by atoms with Crippen molar-refractivity contribution in [3.63, 3.8) is 0 Å². The van der Waals surface area contributed by atoms with Crippen molar-refractivity contribution in [2.24, 2.45) is 0 Å². The lowest BCUT2D eigenvalue weighted by atomic mass is 10.4. The van der Waals surface area contributed by atoms with Gasteiger partial charge in [0.05, 0.1) is 50.8 Å². The van der Waals surface area contributed by atoms with Crippen molar-refractivity contribution in [1.82, 2.24) is 0 Å². The first-order valence-electron chi connectivity index (χ1n) is 7.67. The van der Waals surface area contributed by atoms with Crippen molar-refractivity contribution in [1.29, 1.82) is 0 Å². The second-order valence-corrected chi connectivity index (χ2v) is 5.29. The largest absolute Gasteiger partial charge is 0.412 e. The van der Waals surface area contributed by atoms with Gasteiger partial charge >= 0.3 is 0 Å². The summed E-state index contributed by atoms with van der Waals surface area (Å²) < 4.78 is 30.6. The number of hydrogen-bond acceptors (Lipinski definition) is 6. The molecule has 4 radical (unpaired) electrons. The average molecular weight is 489 g/mol. The maximum Gasteiger partial charge on any atom is 0.146 e. The molecule has 12 N–H and O–H groups in total. The summed E-state index contributed by atoms with van der Waals surface area (Å²) in [5.41, 5.74) is 0. The van der Waals surface area contributed by atoms with Gasteiger partial charge in [-0.05, 0) is 27.7 Å². The Balaban J connectivity index is -0.0000000263. The van der Waals surface area contributed by atoms with E-state index >= 15 is 0 Å². The highest BCUT2D eigenvalue weighted by molar-refractivity contribution is 5.76. The number of ether oxygens (including phenoxy) is 6. The van der Waals surface area contributed by atoms with Gasteiger partial charge in [-0.3, -0.25) is 0 Å². The molecule has 0 bridgehead atoms. The number of methoxy groups -OCH3 is 4. The molecule has 0 aliphatic heterocycles. The van der Waals surface area contributed by atoms with E-state index in [2.05, 4.69) is 0 Å². The zero-order valence-corrected chi connectivity index (χ0v) is 23.3. The zero-order chi connectivity index (χ0) is 17.4. The summed E-state index contributed by atoms with van der Waals surface area (Å²) in [6, 6.07) is 0. The first kappa shape index (κ1) is 63.2. The van der Waals surface area contributed by atoms with E-state index in [4.69, 9.17) is 28.4 Å². The fourth-order valence-corrected chi connectivity index (χ4v) is 1.30. The van der Waals surface area contributed by atoms with E-state index in [1.807, 2.05) is 27.7 Å². The van der Waals surface area contributed by atoms with Gasteiger partial charge in [0.2, 0.25) is 0 Å². The monoisotopic (exact) mass is 488 g/mol. The molecule has 30 heavy (non-hydrogen) atoms. The van der Waals surface area contributed by atoms with Crippen molar-refractivity contribution >= 4 is 34.7 Å². The second-order valence-electron chi connectivity index (χ2n) is 5.29. The molecule has 0 saturated heterocycles. The van der Waals surface area contributed by atoms with Crippen LogP contribution in [0.5, 0.6) is 0 Å². The molecule has 12 nitrogen and oxygen atoms in total. The maximum absolute atomic E-state index is 5.39. The van der Waals surface area contributed by atoms with Crippen molar-refractivity contribution in [3.05, 3.63) is 0 Å². The summed E-state index contributed by atoms with van der Waals surface area (Å²) >= 11 is 0. The lowest BCUT2D eigenvalue weighted by Gasteiger charge is -2.14. The third kappa shape index (κ3) is 51.3. The van der Waals surface area contributed by atoms with Gasteiger partial charge in [-0.25, -0.2) is 0 Å². The Bertz CT molecular complexity index is 212. The Morgan fingerprint density at radius 1 is 0.467 bits per heavy atom. The van der Waals surface area contributed by atoms with Crippen molar-refractivity contribution in [3.8, 4) is 0 Å². The van der Waals surface area contributed by atoms with Crippen LogP contribution < -0.4 is 0 Å². The van der Waals surface area contributed by atoms with Crippen LogP contribution in [0.3, 0.4) is 0 Å². The highest BCUT2D eigenvalue weighted by Crippen LogP contribution is 1.96. The van der Waals surface area contributed by atoms with Crippen molar-refractivity contribution in [2.45, 2.75) is 52.1 Å². The molecule has 0 aliphatic carbocycles. The van der Waals surface area contributed by atoms with Crippen LogP contribution in [0, 0.1) is 0 Å². The molecule has 4 atom stereocenters. The topological polar surface area (TPSA) is 244 Å². The van der Waals surface area contributed by atoms with E-state index in [0.29, 0.717) is 26.4 Å². The first-order valence-corrected chi connectivity index (χ1v) is 7.67. The molecule has 0 aromatic carbocycles. The molecule has 192 valence electrons. The minimum atomic E-state index is 0. The lowest BCUT2D eigenvalue weighted by Crippen LogP contribution is -2.21. The number of rotatable bonds is 12. The highest BCUT2D eigenvalue weighted by Gasteiger charge is 2.05. The summed E-state index contributed by atoms with van der Waals surface area (Å²) in [5, 5.41) is 0. The van der Waals surface area contributed by atoms with E-state index in [1.165, 1.54) is 0 Å². The summed E-state index contributed by atoms with van der Waals surface area (Å²) in [6.45, 7) is 10.4. The van der Waals surface area contributed by atoms with Gasteiger partial charge in [-0.1, -0.05) is 0 Å². The standard InChI is InChI=1S/2C8H18O3.2Al.6H2O.2H/c2*1-7(10-4)6-11-8(2)5-9-3;;;;;;;;;;/h2*7-8H,5-6H2,1-4H3;;;6*1H2;;. The second kappa shape index (κ2) is 47.4. The molecule has 0 fully saturated rings. The van der Waals surface area contributed by atoms with Crippen molar-refractivity contribution in [2.75, 3.05) is 54.9 Å². The first-order chi connectivity index (χ1) is 10.4. The average Bonchev–Trinajstić information content (AvgIpc) is 2.51. The van der Waals surface area contributed by atoms with E-state index < -0.39 is 0 Å². The van der Waals surface area contributed by atoms with Gasteiger partial charge < -0.3 is 61.3 Å². The molecule has 0 spiro atoms. The van der Waals surface area contributed by atoms with E-state index in [-0.39, 0.29) is 92.0 Å². The lowest BCUT2D eigenvalue weighted by molar-refractivity contribution is -0.0386. The van der Waals surface area contributed by atoms with Crippen LogP contribution in [0.15, 0.2) is 0 Å². The molecule has 0 heterocycles. The normalized spacial score (nSPS) is 12.0. The summed E-state index contributed by atoms with van der Waals surface area (Å²) in [4.78, 5) is 0. The fraction of sp³-hybridized carbons (Fsp3) is 1.00. The van der Waals surface area contributed by atoms with E-state index in [0.717, 1.165) is 0 Å². The smallest absolute Gasteiger partial charge is 0.146 e. The van der Waals surface area contributed by atoms with Gasteiger partial charge in [0.15, 0.2) is 0 Å². The molecular formula is C16H50Al2O12. The third-order valence-corrected chi connectivity index (χ3v) is 2.84. The van der Waals surface area contributed by atoms with Crippen LogP contribution in [0.2, 0.25) is 0 Å². The maximum atomic E-state index is 5.39. The van der Waals surface area contributed by atoms with Crippen LogP contribution >= 0.6 is 0 Å². The molecule has 0 aromatic rings. The number of hydrogen-bond donors (Lipinski definition) is 0. The van der Waals surface area contributed by atoms with Crippen LogP contribution in [-0.4, -0.2) is 147 Å². The van der Waals surface area contributed by atoms with Gasteiger partial charge in [-0.2, -0.15) is 0 Å². The van der Waals surface area contributed by atoms with E-state index in [1.54, 1.807) is 28.4 Å². The van der Waals surface area contributed by atoms with Crippen molar-refractivity contribution < 1.29 is 61.3 Å². The summed E-state index contributed by atoms with van der Waals surface area (Å²) in [6.07, 6.45) is 0.624. The van der Waals surface area contributed by atoms with Gasteiger partial charge in [0, 0.05) is 45.8 Å². The SMILES string of the molecule is COCC(C)OCC(C)OC.COCC(C)OCC(C)OC.O.O.O.O.O.O.[AlH2].[Al]. The summed E-state index contributed by atoms with van der Waals surface area (Å²) in [7, 11) is 6.68. The minimum Gasteiger partial charge on any atom is -0.412 e. The Morgan fingerprint density at radius 3 is 0.867 bits per heavy atom. The van der Waals surface area contributed by atoms with Crippen LogP contribution in [-0.2, 0) is 28.4 Å². The molecule has 0 aliphatic rings. The summed E-state index contributed by atoms with van der Waals surface area (Å²) in [5.74, 6) is 0. The third-order valence-electron chi connectivity index (χ3n) is 2.84. The highest BCUT2D eigenvalue weighted by atomic mass is 27.0. The Morgan fingerprint density at radius 2 is 0.700 bits per heavy atom. The quantitative estimate of drug-likeness (QED) is 0.247. The molecular weight excluding hydrogens is 438 g/mol. The molecule has 0 rings (SSSR count). The fourth-order valence-electron chi connectivity index (χ4n) is 1.30. The predicted octanol–water partition coefficient (Wildman–Crippen LogP) is -4.10. The van der Waals surface area contributed by atoms with Crippen LogP contribution in [0.25, 0.3) is 0 Å². The Labute approximate surface area is 203 Å². The van der Waals surface area contributed by atoms with Gasteiger partial charge in [-0.15, -0.1) is 0 Å². The Kier molecular flexibility index (Phi) is 99.8. The molecule has 0 saturated carbocycles. The zero-order valence-electron chi connectivity index (χ0n) is 20.2. The van der Waals surface area contributed by atoms with Gasteiger partial charge in [0.25, 0.3) is 0 Å². The van der Waals surface area contributed by atoms with Gasteiger partial charge in [0.1, 0.15) is 17.4 Å². The minimum absolute atomic E-state index is 0. The van der Waals surface area contributed by atoms with E-state index in [9.17, 15) is 0 Å².